The van der Waals surface area contributed by atoms with Crippen molar-refractivity contribution in [3.63, 3.8) is 0 Å². The lowest BCUT2D eigenvalue weighted by molar-refractivity contribution is 0.190. The molecule has 2 rings (SSSR count). The van der Waals surface area contributed by atoms with E-state index in [0.29, 0.717) is 36.1 Å². The zero-order chi connectivity index (χ0) is 17.4. The molecule has 1 aliphatic rings. The monoisotopic (exact) mass is 371 g/mol. The Hall–Kier alpha value is -1.31. The lowest BCUT2D eigenvalue weighted by atomic mass is 9.97. The number of benzene rings is 1. The summed E-state index contributed by atoms with van der Waals surface area (Å²) in [5.41, 5.74) is 9.01. The van der Waals surface area contributed by atoms with Crippen LogP contribution in [0.2, 0.25) is 5.02 Å². The number of nitrogens with one attached hydrogen (secondary N) is 1. The highest BCUT2D eigenvalue weighted by molar-refractivity contribution is 7.88. The first-order chi connectivity index (χ1) is 11.5. The van der Waals surface area contributed by atoms with Crippen LogP contribution < -0.4 is 4.72 Å². The van der Waals surface area contributed by atoms with E-state index < -0.39 is 10.0 Å². The molecule has 1 aromatic carbocycles. The molecule has 24 heavy (non-hydrogen) atoms. The normalized spacial score (nSPS) is 16.7. The van der Waals surface area contributed by atoms with Crippen molar-refractivity contribution < 1.29 is 8.42 Å². The van der Waals surface area contributed by atoms with Gasteiger partial charge in [-0.25, -0.2) is 13.1 Å². The summed E-state index contributed by atoms with van der Waals surface area (Å²) in [4.78, 5) is 5.02. The maximum Gasteiger partial charge on any atom is 0.215 e. The Morgan fingerprint density at radius 1 is 1.38 bits per heavy atom. The Labute approximate surface area is 147 Å². The Balaban J connectivity index is 1.71. The summed E-state index contributed by atoms with van der Waals surface area (Å²) in [6, 6.07) is 6.87. The van der Waals surface area contributed by atoms with Gasteiger partial charge in [-0.2, -0.15) is 0 Å². The molecule has 1 N–H and O–H groups in total. The average Bonchev–Trinajstić information content (AvgIpc) is 2.53. The first kappa shape index (κ1) is 19.0. The van der Waals surface area contributed by atoms with Crippen molar-refractivity contribution in [3.05, 3.63) is 45.3 Å². The van der Waals surface area contributed by atoms with E-state index in [0.717, 1.165) is 25.9 Å². The van der Waals surface area contributed by atoms with E-state index in [2.05, 4.69) is 19.6 Å². The number of piperidine rings is 1. The fourth-order valence-corrected chi connectivity index (χ4v) is 4.14. The molecule has 1 aliphatic heterocycles. The largest absolute Gasteiger partial charge is 0.302 e. The molecule has 0 amide bonds. The van der Waals surface area contributed by atoms with Crippen LogP contribution in [0, 0.1) is 5.92 Å². The number of hydrogen-bond acceptors (Lipinski definition) is 4. The Kier molecular flexibility index (Phi) is 7.33. The quantitative estimate of drug-likeness (QED) is 0.432. The summed E-state index contributed by atoms with van der Waals surface area (Å²) in [5.74, 6) is 0.374. The van der Waals surface area contributed by atoms with Crippen molar-refractivity contribution in [2.45, 2.75) is 18.6 Å². The summed E-state index contributed by atoms with van der Waals surface area (Å²) in [5, 5.41) is 4.16. The van der Waals surface area contributed by atoms with Crippen LogP contribution >= 0.6 is 11.6 Å². The van der Waals surface area contributed by atoms with Crippen molar-refractivity contribution in [1.29, 1.82) is 0 Å². The summed E-state index contributed by atoms with van der Waals surface area (Å²) in [6.07, 6.45) is 1.96. The molecule has 0 aliphatic carbocycles. The zero-order valence-corrected chi connectivity index (χ0v) is 15.0. The predicted octanol–water partition coefficient (Wildman–Crippen LogP) is 2.78. The van der Waals surface area contributed by atoms with Gasteiger partial charge in [0.2, 0.25) is 10.0 Å². The number of sulfonamides is 1. The van der Waals surface area contributed by atoms with Crippen LogP contribution in [0.1, 0.15) is 18.4 Å². The molecule has 9 heteroatoms. The van der Waals surface area contributed by atoms with E-state index in [4.69, 9.17) is 17.1 Å². The Morgan fingerprint density at radius 2 is 2.12 bits per heavy atom. The minimum Gasteiger partial charge on any atom is -0.302 e. The maximum atomic E-state index is 12.1. The summed E-state index contributed by atoms with van der Waals surface area (Å²) >= 11 is 5.87. The lowest BCUT2D eigenvalue weighted by Crippen LogP contribution is -2.40. The molecular weight excluding hydrogens is 350 g/mol. The van der Waals surface area contributed by atoms with Gasteiger partial charge in [-0.1, -0.05) is 28.8 Å². The topological polar surface area (TPSA) is 98.2 Å². The molecule has 1 aromatic rings. The van der Waals surface area contributed by atoms with Crippen molar-refractivity contribution in [2.75, 3.05) is 32.7 Å². The second-order valence-corrected chi connectivity index (χ2v) is 8.23. The van der Waals surface area contributed by atoms with Crippen LogP contribution in [-0.2, 0) is 15.8 Å². The maximum absolute atomic E-state index is 12.1. The second-order valence-electron chi connectivity index (χ2n) is 5.98. The Bertz CT molecular complexity index is 683. The van der Waals surface area contributed by atoms with Gasteiger partial charge in [-0.15, -0.1) is 0 Å². The molecule has 1 fully saturated rings. The molecule has 0 unspecified atom stereocenters. The van der Waals surface area contributed by atoms with Crippen LogP contribution in [0.4, 0.5) is 0 Å². The van der Waals surface area contributed by atoms with Crippen molar-refractivity contribution in [2.24, 2.45) is 11.0 Å². The SMILES string of the molecule is [N-]=[N+]=NCC1CCN(CCNS(=O)(=O)Cc2cccc(Cl)c2)CC1. The van der Waals surface area contributed by atoms with E-state index in [9.17, 15) is 8.42 Å². The standard InChI is InChI=1S/C15H22ClN5O2S/c16-15-3-1-2-14(10-15)12-24(22,23)19-6-9-21-7-4-13(5-8-21)11-18-20-17/h1-3,10,13,19H,4-9,11-12H2. The van der Waals surface area contributed by atoms with E-state index in [1.165, 1.54) is 0 Å². The van der Waals surface area contributed by atoms with Gasteiger partial charge in [-0.3, -0.25) is 0 Å². The average molecular weight is 372 g/mol. The van der Waals surface area contributed by atoms with Gasteiger partial charge >= 0.3 is 0 Å². The summed E-state index contributed by atoms with van der Waals surface area (Å²) in [7, 11) is -3.37. The van der Waals surface area contributed by atoms with Gasteiger partial charge < -0.3 is 4.90 Å². The number of hydrogen-bond donors (Lipinski definition) is 1. The Morgan fingerprint density at radius 3 is 2.79 bits per heavy atom. The van der Waals surface area contributed by atoms with E-state index in [-0.39, 0.29) is 5.75 Å². The summed E-state index contributed by atoms with van der Waals surface area (Å²) < 4.78 is 26.8. The number of halogens is 1. The molecule has 132 valence electrons. The highest BCUT2D eigenvalue weighted by atomic mass is 35.5. The minimum atomic E-state index is -3.37. The van der Waals surface area contributed by atoms with Crippen LogP contribution in [0.15, 0.2) is 29.4 Å². The third-order valence-electron chi connectivity index (χ3n) is 4.11. The van der Waals surface area contributed by atoms with Gasteiger partial charge in [-0.05, 0) is 55.1 Å². The molecular formula is C15H22ClN5O2S. The van der Waals surface area contributed by atoms with Crippen LogP contribution in [0.25, 0.3) is 10.4 Å². The number of azide groups is 1. The number of rotatable bonds is 8. The van der Waals surface area contributed by atoms with Crippen molar-refractivity contribution >= 4 is 21.6 Å². The van der Waals surface area contributed by atoms with E-state index >= 15 is 0 Å². The predicted molar refractivity (Wildman–Crippen MR) is 95.3 cm³/mol. The number of likely N-dealkylation sites (tertiary alicyclic amines) is 1. The third-order valence-corrected chi connectivity index (χ3v) is 5.70. The molecule has 7 nitrogen and oxygen atoms in total. The first-order valence-corrected chi connectivity index (χ1v) is 9.96. The highest BCUT2D eigenvalue weighted by Crippen LogP contribution is 2.17. The van der Waals surface area contributed by atoms with Gasteiger partial charge in [0.15, 0.2) is 0 Å². The third kappa shape index (κ3) is 6.67. The van der Waals surface area contributed by atoms with Crippen LogP contribution in [0.3, 0.4) is 0 Å². The van der Waals surface area contributed by atoms with Gasteiger partial charge in [0.1, 0.15) is 0 Å². The molecule has 1 heterocycles. The zero-order valence-electron chi connectivity index (χ0n) is 13.4. The lowest BCUT2D eigenvalue weighted by Gasteiger charge is -2.31. The van der Waals surface area contributed by atoms with Gasteiger partial charge in [0.05, 0.1) is 5.75 Å². The van der Waals surface area contributed by atoms with Gasteiger partial charge in [0.25, 0.3) is 0 Å². The molecule has 0 spiro atoms. The number of nitrogens with zero attached hydrogens (tertiary/aromatic N) is 4. The van der Waals surface area contributed by atoms with E-state index in [1.807, 2.05) is 0 Å². The van der Waals surface area contributed by atoms with E-state index in [1.54, 1.807) is 24.3 Å². The smallest absolute Gasteiger partial charge is 0.215 e. The van der Waals surface area contributed by atoms with Crippen LogP contribution in [0.5, 0.6) is 0 Å². The fraction of sp³-hybridized carbons (Fsp3) is 0.600. The fourth-order valence-electron chi connectivity index (χ4n) is 2.80. The molecule has 0 saturated carbocycles. The highest BCUT2D eigenvalue weighted by Gasteiger charge is 2.19. The molecule has 0 aromatic heterocycles. The second kappa shape index (κ2) is 9.25. The molecule has 1 saturated heterocycles. The molecule has 0 radical (unpaired) electrons. The van der Waals surface area contributed by atoms with Crippen LogP contribution in [-0.4, -0.2) is 46.0 Å². The minimum absolute atomic E-state index is 0.0677. The molecule has 0 atom stereocenters. The van der Waals surface area contributed by atoms with Crippen molar-refractivity contribution in [1.82, 2.24) is 9.62 Å². The first-order valence-electron chi connectivity index (χ1n) is 7.93. The molecule has 0 bridgehead atoms. The van der Waals surface area contributed by atoms with Gasteiger partial charge in [0, 0.05) is 29.6 Å². The van der Waals surface area contributed by atoms with Crippen molar-refractivity contribution in [3.8, 4) is 0 Å². The summed E-state index contributed by atoms with van der Waals surface area (Å²) in [6.45, 7) is 3.44.